The summed E-state index contributed by atoms with van der Waals surface area (Å²) < 4.78 is 27.6. The molecule has 0 N–H and O–H groups in total. The van der Waals surface area contributed by atoms with Gasteiger partial charge in [-0.1, -0.05) is 12.1 Å². The molecule has 162 valence electrons. The molecule has 0 spiro atoms. The lowest BCUT2D eigenvalue weighted by Gasteiger charge is -2.36. The van der Waals surface area contributed by atoms with Crippen molar-refractivity contribution in [3.63, 3.8) is 0 Å². The van der Waals surface area contributed by atoms with Crippen LogP contribution in [0.3, 0.4) is 0 Å². The van der Waals surface area contributed by atoms with Crippen LogP contribution < -0.4 is 14.2 Å². The minimum atomic E-state index is -0.399. The number of esters is 1. The fourth-order valence-electron chi connectivity index (χ4n) is 3.88. The minimum absolute atomic E-state index is 0.109. The predicted molar refractivity (Wildman–Crippen MR) is 111 cm³/mol. The molecule has 0 aromatic heterocycles. The number of hydrogen-bond acceptors (Lipinski definition) is 7. The maximum Gasteiger partial charge on any atom is 0.338 e. The molecule has 1 saturated carbocycles. The van der Waals surface area contributed by atoms with Gasteiger partial charge in [-0.2, -0.15) is 0 Å². The van der Waals surface area contributed by atoms with Crippen molar-refractivity contribution >= 4 is 11.8 Å². The van der Waals surface area contributed by atoms with Crippen LogP contribution in [0.15, 0.2) is 60.6 Å². The summed E-state index contributed by atoms with van der Waals surface area (Å²) in [7, 11) is 3.11. The number of methoxy groups -OCH3 is 2. The van der Waals surface area contributed by atoms with Gasteiger partial charge in [0.05, 0.1) is 25.7 Å². The second kappa shape index (κ2) is 9.12. The minimum Gasteiger partial charge on any atom is -0.497 e. The number of ether oxygens (including phenoxy) is 5. The Morgan fingerprint density at radius 2 is 1.71 bits per heavy atom. The van der Waals surface area contributed by atoms with Crippen LogP contribution in [0.25, 0.3) is 0 Å². The monoisotopic (exact) mass is 424 g/mol. The molecule has 7 heteroatoms. The Morgan fingerprint density at radius 1 is 0.968 bits per heavy atom. The van der Waals surface area contributed by atoms with Crippen molar-refractivity contribution in [2.75, 3.05) is 14.2 Å². The van der Waals surface area contributed by atoms with Gasteiger partial charge in [-0.25, -0.2) is 4.79 Å². The number of allylic oxidation sites excluding steroid dienone is 1. The highest BCUT2D eigenvalue weighted by molar-refractivity contribution is 5.96. The lowest BCUT2D eigenvalue weighted by molar-refractivity contribution is -0.132. The number of para-hydroxylation sites is 2. The van der Waals surface area contributed by atoms with E-state index in [1.807, 2.05) is 6.07 Å². The Balaban J connectivity index is 1.38. The molecule has 2 aliphatic rings. The molecule has 0 amide bonds. The van der Waals surface area contributed by atoms with E-state index in [-0.39, 0.29) is 29.7 Å². The first kappa shape index (κ1) is 20.8. The van der Waals surface area contributed by atoms with Crippen molar-refractivity contribution in [3.8, 4) is 17.2 Å². The van der Waals surface area contributed by atoms with E-state index in [4.69, 9.17) is 23.7 Å². The lowest BCUT2D eigenvalue weighted by atomic mass is 9.80. The average Bonchev–Trinajstić information content (AvgIpc) is 2.81. The van der Waals surface area contributed by atoms with Crippen LogP contribution in [-0.2, 0) is 14.3 Å². The third-order valence-corrected chi connectivity index (χ3v) is 5.56. The van der Waals surface area contributed by atoms with Crippen LogP contribution in [0, 0.1) is 5.92 Å². The number of Topliss-reactive ketones (excluding diaryl/α,β-unsaturated/α-hetero) is 1. The summed E-state index contributed by atoms with van der Waals surface area (Å²) in [5, 5.41) is 0. The summed E-state index contributed by atoms with van der Waals surface area (Å²) in [6.45, 7) is 0. The maximum atomic E-state index is 12.9. The van der Waals surface area contributed by atoms with Crippen molar-refractivity contribution in [1.82, 2.24) is 0 Å². The number of benzene rings is 2. The van der Waals surface area contributed by atoms with Gasteiger partial charge in [-0.15, -0.1) is 0 Å². The van der Waals surface area contributed by atoms with Gasteiger partial charge in [-0.05, 0) is 49.2 Å². The smallest absolute Gasteiger partial charge is 0.338 e. The van der Waals surface area contributed by atoms with Gasteiger partial charge in [0, 0.05) is 6.42 Å². The standard InChI is InChI=1S/C24H24O7/c1-27-16-9-7-15(8-10-16)24(26)30-17-11-12-18-21(13-17)29-14-22(23(18)25)31-20-6-4-3-5-19(20)28-2/h3-10,14,17-18,21H,11-13H2,1-2H3. The Morgan fingerprint density at radius 3 is 2.42 bits per heavy atom. The topological polar surface area (TPSA) is 80.3 Å². The number of ketones is 1. The van der Waals surface area contributed by atoms with Crippen molar-refractivity contribution in [3.05, 3.63) is 66.1 Å². The highest BCUT2D eigenvalue weighted by Crippen LogP contribution is 2.36. The van der Waals surface area contributed by atoms with Crippen molar-refractivity contribution in [2.24, 2.45) is 5.92 Å². The van der Waals surface area contributed by atoms with Crippen molar-refractivity contribution < 1.29 is 33.3 Å². The maximum absolute atomic E-state index is 12.9. The van der Waals surface area contributed by atoms with E-state index in [0.29, 0.717) is 42.1 Å². The van der Waals surface area contributed by atoms with E-state index < -0.39 is 5.97 Å². The number of hydrogen-bond donors (Lipinski definition) is 0. The van der Waals surface area contributed by atoms with Gasteiger partial charge >= 0.3 is 5.97 Å². The molecule has 4 rings (SSSR count). The van der Waals surface area contributed by atoms with Gasteiger partial charge < -0.3 is 23.7 Å². The highest BCUT2D eigenvalue weighted by Gasteiger charge is 2.42. The Bertz CT molecular complexity index is 980. The molecule has 0 radical (unpaired) electrons. The van der Waals surface area contributed by atoms with Crippen LogP contribution in [-0.4, -0.2) is 38.2 Å². The van der Waals surface area contributed by atoms with Gasteiger partial charge in [-0.3, -0.25) is 4.79 Å². The Kier molecular flexibility index (Phi) is 6.11. The fourth-order valence-corrected chi connectivity index (χ4v) is 3.88. The molecular weight excluding hydrogens is 400 g/mol. The Labute approximate surface area is 180 Å². The molecule has 1 heterocycles. The van der Waals surface area contributed by atoms with Crippen molar-refractivity contribution in [2.45, 2.75) is 31.5 Å². The SMILES string of the molecule is COc1ccc(C(=O)OC2CCC3C(=O)C(Oc4ccccc4OC)=COC3C2)cc1. The highest BCUT2D eigenvalue weighted by atomic mass is 16.6. The van der Waals surface area contributed by atoms with E-state index >= 15 is 0 Å². The zero-order chi connectivity index (χ0) is 21.8. The molecule has 1 aliphatic carbocycles. The lowest BCUT2D eigenvalue weighted by Crippen LogP contribution is -2.43. The van der Waals surface area contributed by atoms with E-state index in [1.54, 1.807) is 56.7 Å². The number of carbonyl (C=O) groups excluding carboxylic acids is 2. The molecule has 1 aliphatic heterocycles. The van der Waals surface area contributed by atoms with E-state index in [1.165, 1.54) is 6.26 Å². The van der Waals surface area contributed by atoms with Crippen LogP contribution in [0.4, 0.5) is 0 Å². The summed E-state index contributed by atoms with van der Waals surface area (Å²) in [6, 6.07) is 13.9. The third-order valence-electron chi connectivity index (χ3n) is 5.56. The van der Waals surface area contributed by atoms with Crippen LogP contribution in [0.5, 0.6) is 17.2 Å². The summed E-state index contributed by atoms with van der Waals surface area (Å²) >= 11 is 0. The van der Waals surface area contributed by atoms with Crippen LogP contribution in [0.2, 0.25) is 0 Å². The van der Waals surface area contributed by atoms with Gasteiger partial charge in [0.25, 0.3) is 0 Å². The number of fused-ring (bicyclic) bond motifs is 1. The van der Waals surface area contributed by atoms with Gasteiger partial charge in [0.1, 0.15) is 24.2 Å². The fraction of sp³-hybridized carbons (Fsp3) is 0.333. The normalized spacial score (nSPS) is 22.5. The van der Waals surface area contributed by atoms with E-state index in [9.17, 15) is 9.59 Å². The van der Waals surface area contributed by atoms with Gasteiger partial charge in [0.2, 0.25) is 11.5 Å². The van der Waals surface area contributed by atoms with Gasteiger partial charge in [0.15, 0.2) is 11.5 Å². The first-order valence-electron chi connectivity index (χ1n) is 10.1. The second-order valence-electron chi connectivity index (χ2n) is 7.45. The summed E-state index contributed by atoms with van der Waals surface area (Å²) in [6.07, 6.45) is 2.28. The molecule has 0 bridgehead atoms. The number of rotatable bonds is 6. The second-order valence-corrected chi connectivity index (χ2v) is 7.45. The molecule has 1 fully saturated rings. The third kappa shape index (κ3) is 4.50. The number of carbonyl (C=O) groups is 2. The Hall–Kier alpha value is -3.48. The summed E-state index contributed by atoms with van der Waals surface area (Å²) in [4.78, 5) is 25.4. The molecule has 0 saturated heterocycles. The molecule has 3 atom stereocenters. The summed E-state index contributed by atoms with van der Waals surface area (Å²) in [5.74, 6) is 0.974. The molecule has 2 aromatic rings. The van der Waals surface area contributed by atoms with Crippen molar-refractivity contribution in [1.29, 1.82) is 0 Å². The molecule has 7 nitrogen and oxygen atoms in total. The molecular formula is C24H24O7. The summed E-state index contributed by atoms with van der Waals surface area (Å²) in [5.41, 5.74) is 0.455. The first-order valence-corrected chi connectivity index (χ1v) is 10.1. The average molecular weight is 424 g/mol. The van der Waals surface area contributed by atoms with Crippen LogP contribution >= 0.6 is 0 Å². The van der Waals surface area contributed by atoms with Crippen LogP contribution in [0.1, 0.15) is 29.6 Å². The zero-order valence-corrected chi connectivity index (χ0v) is 17.4. The quantitative estimate of drug-likeness (QED) is 0.650. The molecule has 2 aromatic carbocycles. The zero-order valence-electron chi connectivity index (χ0n) is 17.4. The molecule has 3 unspecified atom stereocenters. The first-order chi connectivity index (χ1) is 15.1. The van der Waals surface area contributed by atoms with E-state index in [0.717, 1.165) is 0 Å². The largest absolute Gasteiger partial charge is 0.497 e. The molecule has 31 heavy (non-hydrogen) atoms. The van der Waals surface area contributed by atoms with E-state index in [2.05, 4.69) is 0 Å². The predicted octanol–water partition coefficient (Wildman–Crippen LogP) is 3.92.